The standard InChI is InChI=1S/C14H9Cl2N3O/c15-10-5-3-4-9(14(10)16)13(20)8-19-12-7-2-1-6-11(12)17-18-19/h1-7H,8H2. The van der Waals surface area contributed by atoms with Crippen molar-refractivity contribution in [1.82, 2.24) is 15.0 Å². The van der Waals surface area contributed by atoms with Crippen LogP contribution in [0.3, 0.4) is 0 Å². The second-order valence-corrected chi connectivity index (χ2v) is 5.05. The molecule has 0 unspecified atom stereocenters. The number of halogens is 2. The Kier molecular flexibility index (Phi) is 3.42. The maximum atomic E-state index is 12.3. The molecule has 0 atom stereocenters. The van der Waals surface area contributed by atoms with Crippen LogP contribution in [-0.4, -0.2) is 20.8 Å². The zero-order valence-electron chi connectivity index (χ0n) is 10.3. The summed E-state index contributed by atoms with van der Waals surface area (Å²) in [5.41, 5.74) is 1.94. The molecule has 3 aromatic rings. The van der Waals surface area contributed by atoms with Crippen molar-refractivity contribution < 1.29 is 4.79 Å². The van der Waals surface area contributed by atoms with Crippen molar-refractivity contribution in [1.29, 1.82) is 0 Å². The van der Waals surface area contributed by atoms with Gasteiger partial charge in [0.05, 0.1) is 15.6 Å². The minimum atomic E-state index is -0.159. The van der Waals surface area contributed by atoms with E-state index < -0.39 is 0 Å². The molecule has 0 bridgehead atoms. The molecule has 1 aromatic heterocycles. The maximum absolute atomic E-state index is 12.3. The smallest absolute Gasteiger partial charge is 0.185 e. The van der Waals surface area contributed by atoms with Gasteiger partial charge >= 0.3 is 0 Å². The van der Waals surface area contributed by atoms with E-state index in [2.05, 4.69) is 10.3 Å². The fourth-order valence-corrected chi connectivity index (χ4v) is 2.38. The van der Waals surface area contributed by atoms with Gasteiger partial charge in [0.2, 0.25) is 0 Å². The molecule has 2 aromatic carbocycles. The molecule has 3 rings (SSSR count). The van der Waals surface area contributed by atoms with Crippen LogP contribution in [0.25, 0.3) is 11.0 Å². The van der Waals surface area contributed by atoms with Gasteiger partial charge in [0, 0.05) is 5.56 Å². The minimum Gasteiger partial charge on any atom is -0.292 e. The first kappa shape index (κ1) is 13.1. The molecule has 0 radical (unpaired) electrons. The van der Waals surface area contributed by atoms with Crippen LogP contribution in [0, 0.1) is 0 Å². The third-order valence-electron chi connectivity index (χ3n) is 2.97. The number of hydrogen-bond acceptors (Lipinski definition) is 3. The number of carbonyl (C=O) groups is 1. The molecule has 20 heavy (non-hydrogen) atoms. The fourth-order valence-electron chi connectivity index (χ4n) is 1.97. The van der Waals surface area contributed by atoms with E-state index in [-0.39, 0.29) is 17.4 Å². The second kappa shape index (κ2) is 5.23. The summed E-state index contributed by atoms with van der Waals surface area (Å²) in [6.45, 7) is 0.0700. The predicted octanol–water partition coefficient (Wildman–Crippen LogP) is 3.62. The number of fused-ring (bicyclic) bond motifs is 1. The van der Waals surface area contributed by atoms with Gasteiger partial charge in [-0.05, 0) is 24.3 Å². The van der Waals surface area contributed by atoms with E-state index in [0.29, 0.717) is 10.6 Å². The van der Waals surface area contributed by atoms with Crippen molar-refractivity contribution in [3.05, 3.63) is 58.1 Å². The highest BCUT2D eigenvalue weighted by Gasteiger charge is 2.15. The number of rotatable bonds is 3. The summed E-state index contributed by atoms with van der Waals surface area (Å²) in [6, 6.07) is 12.4. The molecule has 0 saturated carbocycles. The van der Waals surface area contributed by atoms with Crippen molar-refractivity contribution in [3.63, 3.8) is 0 Å². The van der Waals surface area contributed by atoms with Crippen molar-refractivity contribution in [2.45, 2.75) is 6.54 Å². The molecule has 6 heteroatoms. The number of nitrogens with zero attached hydrogens (tertiary/aromatic N) is 3. The molecule has 0 aliphatic heterocycles. The molecule has 1 heterocycles. The van der Waals surface area contributed by atoms with Gasteiger partial charge in [-0.1, -0.05) is 46.6 Å². The highest BCUT2D eigenvalue weighted by atomic mass is 35.5. The first-order valence-corrected chi connectivity index (χ1v) is 6.68. The average Bonchev–Trinajstić information content (AvgIpc) is 2.85. The Bertz CT molecular complexity index is 798. The van der Waals surface area contributed by atoms with Gasteiger partial charge < -0.3 is 0 Å². The van der Waals surface area contributed by atoms with Gasteiger partial charge in [-0.25, -0.2) is 4.68 Å². The molecular weight excluding hydrogens is 297 g/mol. The van der Waals surface area contributed by atoms with Crippen LogP contribution in [0.4, 0.5) is 0 Å². The van der Waals surface area contributed by atoms with Crippen LogP contribution < -0.4 is 0 Å². The van der Waals surface area contributed by atoms with E-state index in [1.54, 1.807) is 22.9 Å². The Hall–Kier alpha value is -1.91. The summed E-state index contributed by atoms with van der Waals surface area (Å²) in [4.78, 5) is 12.3. The monoisotopic (exact) mass is 305 g/mol. The number of aromatic nitrogens is 3. The van der Waals surface area contributed by atoms with Crippen molar-refractivity contribution in [2.75, 3.05) is 0 Å². The number of ketones is 1. The van der Waals surface area contributed by atoms with Crippen LogP contribution in [0.1, 0.15) is 10.4 Å². The number of para-hydroxylation sites is 1. The lowest BCUT2D eigenvalue weighted by Gasteiger charge is -2.05. The molecule has 0 amide bonds. The average molecular weight is 306 g/mol. The Morgan fingerprint density at radius 2 is 1.90 bits per heavy atom. The molecule has 4 nitrogen and oxygen atoms in total. The fraction of sp³-hybridized carbons (Fsp3) is 0.0714. The van der Waals surface area contributed by atoms with Gasteiger partial charge in [0.15, 0.2) is 5.78 Å². The third-order valence-corrected chi connectivity index (χ3v) is 3.78. The van der Waals surface area contributed by atoms with Crippen molar-refractivity contribution in [2.24, 2.45) is 0 Å². The Labute approximate surface area is 124 Å². The van der Waals surface area contributed by atoms with Gasteiger partial charge in [-0.2, -0.15) is 0 Å². The lowest BCUT2D eigenvalue weighted by atomic mass is 10.1. The number of Topliss-reactive ketones (excluding diaryl/α,β-unsaturated/α-hetero) is 1. The summed E-state index contributed by atoms with van der Waals surface area (Å²) >= 11 is 12.0. The highest BCUT2D eigenvalue weighted by Crippen LogP contribution is 2.26. The summed E-state index contributed by atoms with van der Waals surface area (Å²) in [5.74, 6) is -0.159. The number of carbonyl (C=O) groups excluding carboxylic acids is 1. The third kappa shape index (κ3) is 2.28. The van der Waals surface area contributed by atoms with E-state index in [1.807, 2.05) is 24.3 Å². The minimum absolute atomic E-state index is 0.0700. The van der Waals surface area contributed by atoms with Crippen LogP contribution in [0.2, 0.25) is 10.0 Å². The summed E-state index contributed by atoms with van der Waals surface area (Å²) < 4.78 is 1.55. The SMILES string of the molecule is O=C(Cn1nnc2ccccc21)c1cccc(Cl)c1Cl. The first-order chi connectivity index (χ1) is 9.66. The highest BCUT2D eigenvalue weighted by molar-refractivity contribution is 6.43. The normalized spacial score (nSPS) is 10.9. The van der Waals surface area contributed by atoms with E-state index in [9.17, 15) is 4.79 Å². The Morgan fingerprint density at radius 1 is 1.10 bits per heavy atom. The molecule has 0 aliphatic rings. The molecule has 100 valence electrons. The Balaban J connectivity index is 1.95. The quantitative estimate of drug-likeness (QED) is 0.694. The van der Waals surface area contributed by atoms with Crippen LogP contribution in [-0.2, 0) is 6.54 Å². The van der Waals surface area contributed by atoms with Crippen molar-refractivity contribution >= 4 is 40.0 Å². The molecule has 0 spiro atoms. The van der Waals surface area contributed by atoms with Crippen LogP contribution in [0.5, 0.6) is 0 Å². The van der Waals surface area contributed by atoms with E-state index in [4.69, 9.17) is 23.2 Å². The van der Waals surface area contributed by atoms with Crippen LogP contribution in [0.15, 0.2) is 42.5 Å². The van der Waals surface area contributed by atoms with Crippen LogP contribution >= 0.6 is 23.2 Å². The Morgan fingerprint density at radius 3 is 2.75 bits per heavy atom. The molecule has 0 aliphatic carbocycles. The second-order valence-electron chi connectivity index (χ2n) is 4.26. The summed E-state index contributed by atoms with van der Waals surface area (Å²) in [5, 5.41) is 8.62. The number of benzene rings is 2. The summed E-state index contributed by atoms with van der Waals surface area (Å²) in [7, 11) is 0. The molecular formula is C14H9Cl2N3O. The molecule has 0 saturated heterocycles. The first-order valence-electron chi connectivity index (χ1n) is 5.92. The number of hydrogen-bond donors (Lipinski definition) is 0. The van der Waals surface area contributed by atoms with E-state index in [1.165, 1.54) is 0 Å². The zero-order valence-corrected chi connectivity index (χ0v) is 11.8. The van der Waals surface area contributed by atoms with E-state index >= 15 is 0 Å². The lowest BCUT2D eigenvalue weighted by molar-refractivity contribution is 0.0968. The van der Waals surface area contributed by atoms with Gasteiger partial charge in [0.25, 0.3) is 0 Å². The topological polar surface area (TPSA) is 47.8 Å². The maximum Gasteiger partial charge on any atom is 0.185 e. The van der Waals surface area contributed by atoms with Gasteiger partial charge in [-0.3, -0.25) is 4.79 Å². The molecule has 0 fully saturated rings. The van der Waals surface area contributed by atoms with Gasteiger partial charge in [0.1, 0.15) is 12.1 Å². The largest absolute Gasteiger partial charge is 0.292 e. The molecule has 0 N–H and O–H groups in total. The predicted molar refractivity (Wildman–Crippen MR) is 78.3 cm³/mol. The lowest BCUT2D eigenvalue weighted by Crippen LogP contribution is -2.12. The van der Waals surface area contributed by atoms with Crippen molar-refractivity contribution in [3.8, 4) is 0 Å². The summed E-state index contributed by atoms with van der Waals surface area (Å²) in [6.07, 6.45) is 0. The zero-order chi connectivity index (χ0) is 14.1. The van der Waals surface area contributed by atoms with E-state index in [0.717, 1.165) is 11.0 Å². The van der Waals surface area contributed by atoms with Gasteiger partial charge in [-0.15, -0.1) is 5.10 Å².